The smallest absolute Gasteiger partial charge is 0.330 e. The quantitative estimate of drug-likeness (QED) is 0.456. The molecule has 19 heavy (non-hydrogen) atoms. The van der Waals surface area contributed by atoms with Crippen molar-refractivity contribution in [2.24, 2.45) is 11.8 Å². The highest BCUT2D eigenvalue weighted by atomic mass is 16.5. The van der Waals surface area contributed by atoms with E-state index in [0.717, 1.165) is 17.4 Å². The molecule has 2 atom stereocenters. The maximum atomic E-state index is 10.7. The zero-order valence-electron chi connectivity index (χ0n) is 11.3. The van der Waals surface area contributed by atoms with Gasteiger partial charge in [-0.1, -0.05) is 42.5 Å². The van der Waals surface area contributed by atoms with E-state index < -0.39 is 0 Å². The summed E-state index contributed by atoms with van der Waals surface area (Å²) in [5.74, 6) is 1.65. The van der Waals surface area contributed by atoms with Crippen LogP contribution in [0.5, 0.6) is 0 Å². The first-order chi connectivity index (χ1) is 9.28. The van der Waals surface area contributed by atoms with Crippen molar-refractivity contribution >= 4 is 12.0 Å². The van der Waals surface area contributed by atoms with Gasteiger partial charge >= 0.3 is 5.97 Å². The van der Waals surface area contributed by atoms with Gasteiger partial charge in [-0.05, 0) is 42.7 Å². The number of benzene rings is 1. The fourth-order valence-corrected chi connectivity index (χ4v) is 2.51. The Morgan fingerprint density at radius 3 is 2.21 bits per heavy atom. The molecule has 2 heteroatoms. The molecule has 0 heterocycles. The van der Waals surface area contributed by atoms with Gasteiger partial charge in [-0.3, -0.25) is 0 Å². The molecule has 1 aromatic carbocycles. The van der Waals surface area contributed by atoms with E-state index in [4.69, 9.17) is 0 Å². The molecule has 0 radical (unpaired) electrons. The average Bonchev–Trinajstić information content (AvgIpc) is 3.11. The summed E-state index contributed by atoms with van der Waals surface area (Å²) in [6.07, 6.45) is 12.3. The van der Waals surface area contributed by atoms with Crippen LogP contribution in [0.3, 0.4) is 0 Å². The molecule has 0 aliphatic heterocycles. The predicted octanol–water partition coefficient (Wildman–Crippen LogP) is 3.85. The molecule has 2 aliphatic carbocycles. The molecular formula is C17H20O2. The third-order valence-corrected chi connectivity index (χ3v) is 3.58. The van der Waals surface area contributed by atoms with Gasteiger partial charge in [0.25, 0.3) is 0 Å². The SMILES string of the molecule is C1=CC2CCC1C2.COC(=O)C=Cc1ccccc1. The second kappa shape index (κ2) is 6.93. The van der Waals surface area contributed by atoms with E-state index in [-0.39, 0.29) is 5.97 Å². The van der Waals surface area contributed by atoms with Crippen LogP contribution < -0.4 is 0 Å². The number of hydrogen-bond donors (Lipinski definition) is 0. The molecule has 2 nitrogen and oxygen atoms in total. The summed E-state index contributed by atoms with van der Waals surface area (Å²) < 4.78 is 4.45. The molecule has 1 fully saturated rings. The molecule has 0 aromatic heterocycles. The van der Waals surface area contributed by atoms with E-state index >= 15 is 0 Å². The Morgan fingerprint density at radius 1 is 1.16 bits per heavy atom. The van der Waals surface area contributed by atoms with Crippen LogP contribution in [0.2, 0.25) is 0 Å². The number of carbonyl (C=O) groups is 1. The summed E-state index contributed by atoms with van der Waals surface area (Å²) in [6.45, 7) is 0. The lowest BCUT2D eigenvalue weighted by Gasteiger charge is -1.96. The average molecular weight is 256 g/mol. The zero-order valence-corrected chi connectivity index (χ0v) is 11.3. The second-order valence-electron chi connectivity index (χ2n) is 4.99. The van der Waals surface area contributed by atoms with E-state index in [2.05, 4.69) is 16.9 Å². The Kier molecular flexibility index (Phi) is 4.96. The summed E-state index contributed by atoms with van der Waals surface area (Å²) in [6, 6.07) is 9.59. The normalized spacial score (nSPS) is 23.2. The molecule has 1 saturated carbocycles. The van der Waals surface area contributed by atoms with Gasteiger partial charge in [-0.25, -0.2) is 4.79 Å². The van der Waals surface area contributed by atoms with E-state index in [1.54, 1.807) is 6.08 Å². The Bertz CT molecular complexity index is 447. The molecule has 100 valence electrons. The minimum absolute atomic E-state index is 0.334. The zero-order chi connectivity index (χ0) is 13.5. The maximum Gasteiger partial charge on any atom is 0.330 e. The van der Waals surface area contributed by atoms with E-state index in [1.807, 2.05) is 30.3 Å². The number of ether oxygens (including phenoxy) is 1. The molecule has 2 unspecified atom stereocenters. The van der Waals surface area contributed by atoms with Crippen molar-refractivity contribution in [3.05, 3.63) is 54.1 Å². The molecule has 0 amide bonds. The van der Waals surface area contributed by atoms with Crippen molar-refractivity contribution in [2.45, 2.75) is 19.3 Å². The Morgan fingerprint density at radius 2 is 1.79 bits per heavy atom. The fourth-order valence-electron chi connectivity index (χ4n) is 2.51. The summed E-state index contributed by atoms with van der Waals surface area (Å²) in [5.41, 5.74) is 0.989. The number of hydrogen-bond acceptors (Lipinski definition) is 2. The van der Waals surface area contributed by atoms with Gasteiger partial charge in [-0.15, -0.1) is 0 Å². The summed E-state index contributed by atoms with van der Waals surface area (Å²) in [4.78, 5) is 10.7. The molecule has 0 spiro atoms. The van der Waals surface area contributed by atoms with Crippen LogP contribution in [0.15, 0.2) is 48.6 Å². The van der Waals surface area contributed by atoms with Crippen molar-refractivity contribution in [3.8, 4) is 0 Å². The van der Waals surface area contributed by atoms with Crippen LogP contribution in [0, 0.1) is 11.8 Å². The molecule has 2 aliphatic rings. The molecule has 0 N–H and O–H groups in total. The van der Waals surface area contributed by atoms with Crippen molar-refractivity contribution in [2.75, 3.05) is 7.11 Å². The highest BCUT2D eigenvalue weighted by Crippen LogP contribution is 2.38. The first kappa shape index (κ1) is 13.6. The molecule has 2 bridgehead atoms. The lowest BCUT2D eigenvalue weighted by Crippen LogP contribution is -1.92. The van der Waals surface area contributed by atoms with Gasteiger partial charge < -0.3 is 4.74 Å². The first-order valence-electron chi connectivity index (χ1n) is 6.77. The summed E-state index contributed by atoms with van der Waals surface area (Å²) in [7, 11) is 1.36. The Hall–Kier alpha value is -1.83. The summed E-state index contributed by atoms with van der Waals surface area (Å²) in [5, 5.41) is 0. The van der Waals surface area contributed by atoms with Gasteiger partial charge in [0.15, 0.2) is 0 Å². The van der Waals surface area contributed by atoms with Gasteiger partial charge in [0.1, 0.15) is 0 Å². The highest BCUT2D eigenvalue weighted by molar-refractivity contribution is 5.86. The van der Waals surface area contributed by atoms with Crippen LogP contribution in [0.1, 0.15) is 24.8 Å². The minimum atomic E-state index is -0.334. The van der Waals surface area contributed by atoms with Gasteiger partial charge in [0, 0.05) is 6.08 Å². The minimum Gasteiger partial charge on any atom is -0.466 e. The largest absolute Gasteiger partial charge is 0.466 e. The number of methoxy groups -OCH3 is 1. The molecule has 1 aromatic rings. The lowest BCUT2D eigenvalue weighted by molar-refractivity contribution is -0.134. The number of fused-ring (bicyclic) bond motifs is 2. The van der Waals surface area contributed by atoms with Crippen molar-refractivity contribution in [1.29, 1.82) is 0 Å². The van der Waals surface area contributed by atoms with Crippen LogP contribution in [0.25, 0.3) is 6.08 Å². The van der Waals surface area contributed by atoms with E-state index in [0.29, 0.717) is 0 Å². The monoisotopic (exact) mass is 256 g/mol. The highest BCUT2D eigenvalue weighted by Gasteiger charge is 2.25. The number of carbonyl (C=O) groups excluding carboxylic acids is 1. The third kappa shape index (κ3) is 4.40. The van der Waals surface area contributed by atoms with E-state index in [9.17, 15) is 4.79 Å². The Balaban J connectivity index is 0.000000159. The van der Waals surface area contributed by atoms with Crippen LogP contribution in [0.4, 0.5) is 0 Å². The fraction of sp³-hybridized carbons (Fsp3) is 0.353. The van der Waals surface area contributed by atoms with Crippen LogP contribution in [-0.4, -0.2) is 13.1 Å². The van der Waals surface area contributed by atoms with Crippen LogP contribution in [-0.2, 0) is 9.53 Å². The molecular weight excluding hydrogens is 236 g/mol. The van der Waals surface area contributed by atoms with Gasteiger partial charge in [0.05, 0.1) is 7.11 Å². The standard InChI is InChI=1S/C10H10O2.C7H10/c1-12-10(11)8-7-9-5-3-2-4-6-9;1-2-7-4-3-6(1)5-7/h2-8H,1H3;1-2,6-7H,3-5H2. The lowest BCUT2D eigenvalue weighted by atomic mass is 10.1. The first-order valence-corrected chi connectivity index (χ1v) is 6.77. The number of allylic oxidation sites excluding steroid dienone is 2. The topological polar surface area (TPSA) is 26.3 Å². The molecule has 0 saturated heterocycles. The third-order valence-electron chi connectivity index (χ3n) is 3.58. The van der Waals surface area contributed by atoms with Crippen molar-refractivity contribution in [3.63, 3.8) is 0 Å². The van der Waals surface area contributed by atoms with Gasteiger partial charge in [0.2, 0.25) is 0 Å². The van der Waals surface area contributed by atoms with Gasteiger partial charge in [-0.2, -0.15) is 0 Å². The van der Waals surface area contributed by atoms with Crippen molar-refractivity contribution in [1.82, 2.24) is 0 Å². The Labute approximate surface area is 114 Å². The number of esters is 1. The van der Waals surface area contributed by atoms with E-state index in [1.165, 1.54) is 32.4 Å². The second-order valence-corrected chi connectivity index (χ2v) is 4.99. The summed E-state index contributed by atoms with van der Waals surface area (Å²) >= 11 is 0. The molecule has 3 rings (SSSR count). The number of rotatable bonds is 2. The maximum absolute atomic E-state index is 10.7. The predicted molar refractivity (Wildman–Crippen MR) is 77.5 cm³/mol. The van der Waals surface area contributed by atoms with Crippen molar-refractivity contribution < 1.29 is 9.53 Å². The van der Waals surface area contributed by atoms with Crippen LogP contribution >= 0.6 is 0 Å².